The molecule has 4 heteroatoms. The van der Waals surface area contributed by atoms with Crippen LogP contribution in [-0.2, 0) is 0 Å². The Bertz CT molecular complexity index is 799. The highest BCUT2D eigenvalue weighted by atomic mass is 16.5. The summed E-state index contributed by atoms with van der Waals surface area (Å²) in [6.07, 6.45) is 5.09. The van der Waals surface area contributed by atoms with Crippen molar-refractivity contribution in [1.29, 1.82) is 0 Å². The second-order valence-electron chi connectivity index (χ2n) is 6.38. The Kier molecular flexibility index (Phi) is 3.42. The molecule has 5 rings (SSSR count). The van der Waals surface area contributed by atoms with Crippen LogP contribution >= 0.6 is 0 Å². The lowest BCUT2D eigenvalue weighted by atomic mass is 9.65. The molecule has 1 saturated carbocycles. The molecule has 1 fully saturated rings. The van der Waals surface area contributed by atoms with Crippen LogP contribution in [0.1, 0.15) is 24.5 Å². The predicted molar refractivity (Wildman–Crippen MR) is 90.9 cm³/mol. The van der Waals surface area contributed by atoms with E-state index in [4.69, 9.17) is 9.73 Å². The van der Waals surface area contributed by atoms with Gasteiger partial charge in [0.15, 0.2) is 0 Å². The molecular formula is C19H20N2O2. The van der Waals surface area contributed by atoms with Gasteiger partial charge < -0.3 is 9.84 Å². The molecule has 0 spiro atoms. The molecule has 4 atom stereocenters. The molecule has 1 N–H and O–H groups in total. The zero-order valence-corrected chi connectivity index (χ0v) is 13.1. The number of aliphatic hydroxyl groups is 1. The average Bonchev–Trinajstić information content (AvgIpc) is 2.60. The molecule has 2 aromatic rings. The molecule has 1 aromatic heterocycles. The smallest absolute Gasteiger partial charge is 0.119 e. The maximum absolute atomic E-state index is 10.9. The van der Waals surface area contributed by atoms with Gasteiger partial charge in [-0.2, -0.15) is 0 Å². The first kappa shape index (κ1) is 14.4. The third kappa shape index (κ3) is 2.25. The van der Waals surface area contributed by atoms with Crippen molar-refractivity contribution in [2.45, 2.75) is 25.0 Å². The molecule has 2 aliphatic heterocycles. The van der Waals surface area contributed by atoms with E-state index >= 15 is 0 Å². The zero-order chi connectivity index (χ0) is 16.0. The standard InChI is InChI=1S/C19H20N2O2/c1-3-13-11-8-17(13)21-18(9-11)19(22)14-6-7-20-16-5-4-12(23-2)10-15(14)16/h3-7,10-11,13,18-19,22H,1,8-9H2,2H3/t11-,13+,18+,19?/m0/s1. The van der Waals surface area contributed by atoms with Crippen LogP contribution in [0.3, 0.4) is 0 Å². The number of ether oxygens (including phenoxy) is 1. The lowest BCUT2D eigenvalue weighted by Gasteiger charge is -2.44. The molecule has 1 aromatic carbocycles. The maximum atomic E-state index is 10.9. The van der Waals surface area contributed by atoms with Gasteiger partial charge in [0, 0.05) is 23.2 Å². The second kappa shape index (κ2) is 5.46. The summed E-state index contributed by atoms with van der Waals surface area (Å²) in [5, 5.41) is 11.8. The minimum atomic E-state index is -0.615. The van der Waals surface area contributed by atoms with Crippen molar-refractivity contribution < 1.29 is 9.84 Å². The maximum Gasteiger partial charge on any atom is 0.119 e. The monoisotopic (exact) mass is 308 g/mol. The summed E-state index contributed by atoms with van der Waals surface area (Å²) in [4.78, 5) is 9.15. The van der Waals surface area contributed by atoms with E-state index in [0.717, 1.165) is 35.1 Å². The van der Waals surface area contributed by atoms with Gasteiger partial charge in [-0.05, 0) is 48.6 Å². The van der Waals surface area contributed by atoms with Crippen LogP contribution in [0.25, 0.3) is 10.9 Å². The zero-order valence-electron chi connectivity index (χ0n) is 13.1. The van der Waals surface area contributed by atoms with Crippen LogP contribution in [0.15, 0.2) is 48.1 Å². The van der Waals surface area contributed by atoms with Crippen molar-refractivity contribution in [3.63, 3.8) is 0 Å². The van der Waals surface area contributed by atoms with Gasteiger partial charge in [0.1, 0.15) is 11.9 Å². The highest BCUT2D eigenvalue weighted by Crippen LogP contribution is 2.44. The Balaban J connectivity index is 1.72. The fraction of sp³-hybridized carbons (Fsp3) is 0.368. The molecule has 3 aliphatic rings. The van der Waals surface area contributed by atoms with Gasteiger partial charge in [-0.3, -0.25) is 9.98 Å². The Hall–Kier alpha value is -2.20. The predicted octanol–water partition coefficient (Wildman–Crippen LogP) is 3.31. The minimum absolute atomic E-state index is 0.0725. The Morgan fingerprint density at radius 3 is 2.96 bits per heavy atom. The van der Waals surface area contributed by atoms with E-state index in [2.05, 4.69) is 11.6 Å². The number of rotatable bonds is 4. The third-order valence-electron chi connectivity index (χ3n) is 5.16. The number of benzene rings is 1. The van der Waals surface area contributed by atoms with Crippen molar-refractivity contribution in [3.8, 4) is 5.75 Å². The van der Waals surface area contributed by atoms with Crippen LogP contribution < -0.4 is 4.74 Å². The number of nitrogens with zero attached hydrogens (tertiary/aromatic N) is 2. The van der Waals surface area contributed by atoms with Crippen molar-refractivity contribution in [2.75, 3.05) is 7.11 Å². The van der Waals surface area contributed by atoms with Crippen molar-refractivity contribution in [2.24, 2.45) is 16.8 Å². The number of methoxy groups -OCH3 is 1. The van der Waals surface area contributed by atoms with Gasteiger partial charge in [-0.25, -0.2) is 0 Å². The molecule has 0 radical (unpaired) electrons. The molecule has 118 valence electrons. The van der Waals surface area contributed by atoms with E-state index in [0.29, 0.717) is 11.8 Å². The first-order valence-electron chi connectivity index (χ1n) is 8.01. The van der Waals surface area contributed by atoms with Crippen molar-refractivity contribution in [1.82, 2.24) is 4.98 Å². The van der Waals surface area contributed by atoms with Crippen LogP contribution in [0.2, 0.25) is 0 Å². The number of hydrogen-bond donors (Lipinski definition) is 1. The highest BCUT2D eigenvalue weighted by Gasteiger charge is 2.43. The summed E-state index contributed by atoms with van der Waals surface area (Å²) in [6, 6.07) is 7.55. The van der Waals surface area contributed by atoms with E-state index in [9.17, 15) is 5.11 Å². The highest BCUT2D eigenvalue weighted by molar-refractivity contribution is 5.95. The van der Waals surface area contributed by atoms with E-state index in [1.165, 1.54) is 5.71 Å². The summed E-state index contributed by atoms with van der Waals surface area (Å²) in [5.41, 5.74) is 2.93. The SMILES string of the molecule is C=C[C@H]1C2=N[C@@H](C(O)c3ccnc4ccc(OC)cc34)C[C@@H]1C2. The molecule has 1 aliphatic carbocycles. The van der Waals surface area contributed by atoms with Crippen molar-refractivity contribution >= 4 is 16.6 Å². The molecule has 2 bridgehead atoms. The Morgan fingerprint density at radius 2 is 2.26 bits per heavy atom. The van der Waals surface area contributed by atoms with E-state index < -0.39 is 6.10 Å². The molecule has 1 unspecified atom stereocenters. The molecule has 0 saturated heterocycles. The summed E-state index contributed by atoms with van der Waals surface area (Å²) >= 11 is 0. The summed E-state index contributed by atoms with van der Waals surface area (Å²) in [7, 11) is 1.64. The summed E-state index contributed by atoms with van der Waals surface area (Å²) in [5.74, 6) is 1.78. The number of allylic oxidation sites excluding steroid dienone is 1. The number of fused-ring (bicyclic) bond motifs is 3. The van der Waals surface area contributed by atoms with Gasteiger partial charge in [0.2, 0.25) is 0 Å². The van der Waals surface area contributed by atoms with E-state index in [1.54, 1.807) is 13.3 Å². The van der Waals surface area contributed by atoms with Gasteiger partial charge >= 0.3 is 0 Å². The third-order valence-corrected chi connectivity index (χ3v) is 5.16. The second-order valence-corrected chi connectivity index (χ2v) is 6.38. The van der Waals surface area contributed by atoms with E-state index in [1.807, 2.05) is 30.3 Å². The summed E-state index contributed by atoms with van der Waals surface area (Å²) < 4.78 is 5.31. The molecule has 23 heavy (non-hydrogen) atoms. The number of aliphatic hydroxyl groups excluding tert-OH is 1. The Labute approximate surface area is 135 Å². The number of aliphatic imine (C=N–C) groups is 1. The minimum Gasteiger partial charge on any atom is -0.497 e. The molecule has 3 heterocycles. The van der Waals surface area contributed by atoms with Crippen LogP contribution in [0.5, 0.6) is 5.75 Å². The number of pyridine rings is 1. The normalized spacial score (nSPS) is 27.0. The fourth-order valence-corrected chi connectivity index (χ4v) is 3.85. The molecule has 0 amide bonds. The summed E-state index contributed by atoms with van der Waals surface area (Å²) in [6.45, 7) is 3.89. The van der Waals surface area contributed by atoms with E-state index in [-0.39, 0.29) is 6.04 Å². The van der Waals surface area contributed by atoms with Crippen molar-refractivity contribution in [3.05, 3.63) is 48.7 Å². The quantitative estimate of drug-likeness (QED) is 0.882. The number of aromatic nitrogens is 1. The number of hydrogen-bond acceptors (Lipinski definition) is 4. The lowest BCUT2D eigenvalue weighted by Crippen LogP contribution is -2.44. The van der Waals surface area contributed by atoms with Gasteiger partial charge in [0.25, 0.3) is 0 Å². The van der Waals surface area contributed by atoms with Crippen LogP contribution in [0, 0.1) is 11.8 Å². The van der Waals surface area contributed by atoms with Gasteiger partial charge in [0.05, 0.1) is 18.7 Å². The largest absolute Gasteiger partial charge is 0.497 e. The van der Waals surface area contributed by atoms with Gasteiger partial charge in [-0.1, -0.05) is 6.08 Å². The van der Waals surface area contributed by atoms with Gasteiger partial charge in [-0.15, -0.1) is 6.58 Å². The average molecular weight is 308 g/mol. The lowest BCUT2D eigenvalue weighted by molar-refractivity contribution is 0.120. The fourth-order valence-electron chi connectivity index (χ4n) is 3.85. The topological polar surface area (TPSA) is 54.7 Å². The van der Waals surface area contributed by atoms with Crippen LogP contribution in [0.4, 0.5) is 0 Å². The molecular weight excluding hydrogens is 288 g/mol. The first-order chi connectivity index (χ1) is 11.2. The van der Waals surface area contributed by atoms with Crippen LogP contribution in [-0.4, -0.2) is 29.0 Å². The Morgan fingerprint density at radius 1 is 1.39 bits per heavy atom. The molecule has 4 nitrogen and oxygen atoms in total. The first-order valence-corrected chi connectivity index (χ1v) is 8.01.